The molecule has 1 amide bonds. The maximum absolute atomic E-state index is 12.1. The Hall–Kier alpha value is -2.08. The number of rotatable bonds is 5. The van der Waals surface area contributed by atoms with E-state index in [9.17, 15) is 4.79 Å². The molecule has 3 heterocycles. The van der Waals surface area contributed by atoms with Gasteiger partial charge in [-0.1, -0.05) is 6.42 Å². The fourth-order valence-electron chi connectivity index (χ4n) is 3.69. The van der Waals surface area contributed by atoms with Gasteiger partial charge < -0.3 is 14.3 Å². The fourth-order valence-corrected chi connectivity index (χ4v) is 3.69. The van der Waals surface area contributed by atoms with Crippen molar-refractivity contribution < 1.29 is 9.21 Å². The van der Waals surface area contributed by atoms with Gasteiger partial charge in [-0.05, 0) is 31.9 Å². The van der Waals surface area contributed by atoms with Crippen LogP contribution >= 0.6 is 0 Å². The van der Waals surface area contributed by atoms with Crippen molar-refractivity contribution in [2.45, 2.75) is 57.8 Å². The zero-order chi connectivity index (χ0) is 16.5. The van der Waals surface area contributed by atoms with E-state index in [0.717, 1.165) is 36.4 Å². The quantitative estimate of drug-likeness (QED) is 0.914. The van der Waals surface area contributed by atoms with Crippen LogP contribution in [-0.4, -0.2) is 32.9 Å². The molecule has 1 N–H and O–H groups in total. The van der Waals surface area contributed by atoms with Crippen LogP contribution in [0.3, 0.4) is 0 Å². The van der Waals surface area contributed by atoms with E-state index in [1.165, 1.54) is 19.3 Å². The molecule has 1 aliphatic heterocycles. The van der Waals surface area contributed by atoms with Gasteiger partial charge in [0.25, 0.3) is 0 Å². The number of nitrogens with one attached hydrogen (secondary N) is 1. The van der Waals surface area contributed by atoms with Gasteiger partial charge in [0.05, 0.1) is 31.0 Å². The fraction of sp³-hybridized carbons (Fsp3) is 0.556. The van der Waals surface area contributed by atoms with E-state index in [-0.39, 0.29) is 5.91 Å². The Balaban J connectivity index is 1.38. The second-order valence-electron chi connectivity index (χ2n) is 6.82. The van der Waals surface area contributed by atoms with Crippen LogP contribution in [0.15, 0.2) is 29.0 Å². The molecule has 0 bridgehead atoms. The molecule has 1 saturated carbocycles. The average Bonchev–Trinajstić information content (AvgIpc) is 3.15. The molecule has 0 spiro atoms. The highest BCUT2D eigenvalue weighted by Crippen LogP contribution is 2.34. The minimum atomic E-state index is -0.0228. The summed E-state index contributed by atoms with van der Waals surface area (Å²) in [5, 5.41) is 2.88. The summed E-state index contributed by atoms with van der Waals surface area (Å²) in [6.07, 6.45) is 7.94. The third kappa shape index (κ3) is 2.98. The third-order valence-electron chi connectivity index (χ3n) is 5.25. The molecule has 2 aliphatic rings. The predicted molar refractivity (Wildman–Crippen MR) is 89.2 cm³/mol. The van der Waals surface area contributed by atoms with Crippen LogP contribution in [0.1, 0.15) is 49.5 Å². The van der Waals surface area contributed by atoms with Crippen molar-refractivity contribution in [3.05, 3.63) is 41.9 Å². The number of imidazole rings is 1. The first-order chi connectivity index (χ1) is 11.7. The molecular formula is C18H24N4O2. The lowest BCUT2D eigenvalue weighted by Gasteiger charge is -2.43. The Bertz CT molecular complexity index is 703. The van der Waals surface area contributed by atoms with Crippen molar-refractivity contribution in [1.29, 1.82) is 0 Å². The maximum atomic E-state index is 12.1. The normalized spacial score (nSPS) is 21.3. The summed E-state index contributed by atoms with van der Waals surface area (Å²) in [6.45, 7) is 4.71. The Labute approximate surface area is 141 Å². The maximum Gasteiger partial charge on any atom is 0.226 e. The second-order valence-corrected chi connectivity index (χ2v) is 6.82. The van der Waals surface area contributed by atoms with Gasteiger partial charge in [-0.3, -0.25) is 9.69 Å². The molecule has 128 valence electrons. The highest BCUT2D eigenvalue weighted by molar-refractivity contribution is 5.77. The number of aromatic nitrogens is 2. The molecule has 1 unspecified atom stereocenters. The number of furan rings is 1. The monoisotopic (exact) mass is 328 g/mol. The lowest BCUT2D eigenvalue weighted by atomic mass is 9.90. The smallest absolute Gasteiger partial charge is 0.226 e. The summed E-state index contributed by atoms with van der Waals surface area (Å²) in [6, 6.07) is 4.74. The minimum absolute atomic E-state index is 0.0228. The van der Waals surface area contributed by atoms with E-state index in [2.05, 4.69) is 21.7 Å². The molecule has 2 aromatic rings. The SMILES string of the molecule is CC1c2nc(CC(=O)NCc3ccco3)cn2CCN1C1CCC1. The van der Waals surface area contributed by atoms with E-state index >= 15 is 0 Å². The van der Waals surface area contributed by atoms with Gasteiger partial charge in [-0.25, -0.2) is 4.98 Å². The summed E-state index contributed by atoms with van der Waals surface area (Å²) in [7, 11) is 0. The Morgan fingerprint density at radius 3 is 3.00 bits per heavy atom. The van der Waals surface area contributed by atoms with Crippen molar-refractivity contribution >= 4 is 5.91 Å². The molecule has 0 saturated heterocycles. The summed E-state index contributed by atoms with van der Waals surface area (Å²) >= 11 is 0. The van der Waals surface area contributed by atoms with Crippen molar-refractivity contribution in [3.8, 4) is 0 Å². The number of nitrogens with zero attached hydrogens (tertiary/aromatic N) is 3. The number of carbonyl (C=O) groups excluding carboxylic acids is 1. The average molecular weight is 328 g/mol. The zero-order valence-electron chi connectivity index (χ0n) is 14.1. The molecule has 4 rings (SSSR count). The van der Waals surface area contributed by atoms with E-state index in [1.807, 2.05) is 18.3 Å². The first-order valence-corrected chi connectivity index (χ1v) is 8.81. The standard InChI is InChI=1S/C18H24N4O2/c1-13-18-20-14(10-17(23)19-11-16-6-3-9-24-16)12-21(18)7-8-22(13)15-4-2-5-15/h3,6,9,12-13,15H,2,4-5,7-8,10-11H2,1H3,(H,19,23). The summed E-state index contributed by atoms with van der Waals surface area (Å²) in [5.74, 6) is 1.84. The van der Waals surface area contributed by atoms with Gasteiger partial charge in [-0.2, -0.15) is 0 Å². The Morgan fingerprint density at radius 1 is 1.42 bits per heavy atom. The zero-order valence-corrected chi connectivity index (χ0v) is 14.1. The van der Waals surface area contributed by atoms with Crippen LogP contribution < -0.4 is 5.32 Å². The molecule has 0 aromatic carbocycles. The Morgan fingerprint density at radius 2 is 2.29 bits per heavy atom. The van der Waals surface area contributed by atoms with Crippen molar-refractivity contribution in [2.75, 3.05) is 6.54 Å². The molecule has 2 aromatic heterocycles. The predicted octanol–water partition coefficient (Wildman–Crippen LogP) is 2.26. The summed E-state index contributed by atoms with van der Waals surface area (Å²) in [5.41, 5.74) is 0.851. The van der Waals surface area contributed by atoms with E-state index < -0.39 is 0 Å². The van der Waals surface area contributed by atoms with Crippen LogP contribution in [0.25, 0.3) is 0 Å². The molecule has 0 radical (unpaired) electrons. The topological polar surface area (TPSA) is 63.3 Å². The van der Waals surface area contributed by atoms with Gasteiger partial charge in [0.15, 0.2) is 0 Å². The largest absolute Gasteiger partial charge is 0.467 e. The first kappa shape index (κ1) is 15.4. The molecule has 1 aliphatic carbocycles. The number of carbonyl (C=O) groups is 1. The lowest BCUT2D eigenvalue weighted by molar-refractivity contribution is -0.120. The van der Waals surface area contributed by atoms with Gasteiger partial charge in [0.2, 0.25) is 5.91 Å². The van der Waals surface area contributed by atoms with Crippen molar-refractivity contribution in [1.82, 2.24) is 19.8 Å². The molecular weight excluding hydrogens is 304 g/mol. The summed E-state index contributed by atoms with van der Waals surface area (Å²) < 4.78 is 7.44. The minimum Gasteiger partial charge on any atom is -0.467 e. The molecule has 6 nitrogen and oxygen atoms in total. The van der Waals surface area contributed by atoms with E-state index in [4.69, 9.17) is 9.40 Å². The van der Waals surface area contributed by atoms with Crippen LogP contribution in [0.4, 0.5) is 0 Å². The van der Waals surface area contributed by atoms with E-state index in [0.29, 0.717) is 19.0 Å². The number of hydrogen-bond acceptors (Lipinski definition) is 4. The third-order valence-corrected chi connectivity index (χ3v) is 5.25. The highest BCUT2D eigenvalue weighted by Gasteiger charge is 2.34. The van der Waals surface area contributed by atoms with Crippen LogP contribution in [-0.2, 0) is 24.3 Å². The lowest BCUT2D eigenvalue weighted by Crippen LogP contribution is -2.46. The van der Waals surface area contributed by atoms with Gasteiger partial charge >= 0.3 is 0 Å². The number of fused-ring (bicyclic) bond motifs is 1. The van der Waals surface area contributed by atoms with Gasteiger partial charge in [0, 0.05) is 25.3 Å². The number of hydrogen-bond donors (Lipinski definition) is 1. The molecule has 24 heavy (non-hydrogen) atoms. The first-order valence-electron chi connectivity index (χ1n) is 8.81. The Kier molecular flexibility index (Phi) is 4.14. The van der Waals surface area contributed by atoms with Crippen LogP contribution in [0.5, 0.6) is 0 Å². The molecule has 1 atom stereocenters. The van der Waals surface area contributed by atoms with Crippen LogP contribution in [0, 0.1) is 0 Å². The van der Waals surface area contributed by atoms with Gasteiger partial charge in [0.1, 0.15) is 11.6 Å². The van der Waals surface area contributed by atoms with Gasteiger partial charge in [-0.15, -0.1) is 0 Å². The molecule has 6 heteroatoms. The summed E-state index contributed by atoms with van der Waals surface area (Å²) in [4.78, 5) is 19.4. The van der Waals surface area contributed by atoms with Crippen molar-refractivity contribution in [3.63, 3.8) is 0 Å². The molecule has 1 fully saturated rings. The highest BCUT2D eigenvalue weighted by atomic mass is 16.3. The second kappa shape index (κ2) is 6.43. The van der Waals surface area contributed by atoms with E-state index in [1.54, 1.807) is 6.26 Å². The van der Waals surface area contributed by atoms with Crippen molar-refractivity contribution in [2.24, 2.45) is 0 Å². The number of amides is 1. The van der Waals surface area contributed by atoms with Crippen LogP contribution in [0.2, 0.25) is 0 Å².